The number of rotatable bonds is 2. The monoisotopic (exact) mass is 269 g/mol. The van der Waals surface area contributed by atoms with Crippen molar-refractivity contribution in [2.24, 2.45) is 5.73 Å². The van der Waals surface area contributed by atoms with Crippen LogP contribution in [-0.2, 0) is 16.5 Å². The molecule has 7 heteroatoms. The third kappa shape index (κ3) is 3.34. The summed E-state index contributed by atoms with van der Waals surface area (Å²) < 4.78 is 36.7. The van der Waals surface area contributed by atoms with Gasteiger partial charge in [-0.05, 0) is 24.6 Å². The zero-order valence-corrected chi connectivity index (χ0v) is 9.60. The van der Waals surface area contributed by atoms with Crippen molar-refractivity contribution < 1.29 is 23.1 Å². The fraction of sp³-hybridized carbons (Fsp3) is 0.300. The highest BCUT2D eigenvalue weighted by molar-refractivity contribution is 5.85. The molecule has 17 heavy (non-hydrogen) atoms. The van der Waals surface area contributed by atoms with Crippen LogP contribution in [0.5, 0.6) is 0 Å². The molecule has 0 saturated carbocycles. The molecule has 3 nitrogen and oxygen atoms in total. The van der Waals surface area contributed by atoms with Gasteiger partial charge in [0.25, 0.3) is 0 Å². The van der Waals surface area contributed by atoms with Crippen molar-refractivity contribution in [3.05, 3.63) is 35.4 Å². The summed E-state index contributed by atoms with van der Waals surface area (Å²) in [5.41, 5.74) is 3.05. The molecule has 3 N–H and O–H groups in total. The Bertz CT molecular complexity index is 401. The van der Waals surface area contributed by atoms with Gasteiger partial charge in [0.2, 0.25) is 0 Å². The van der Waals surface area contributed by atoms with Crippen LogP contribution >= 0.6 is 12.4 Å². The van der Waals surface area contributed by atoms with E-state index < -0.39 is 23.2 Å². The topological polar surface area (TPSA) is 63.3 Å². The second kappa shape index (κ2) is 4.93. The van der Waals surface area contributed by atoms with E-state index in [1.807, 2.05) is 0 Å². The van der Waals surface area contributed by atoms with Gasteiger partial charge in [-0.25, -0.2) is 4.79 Å². The summed E-state index contributed by atoms with van der Waals surface area (Å²) >= 11 is 0. The molecule has 1 unspecified atom stereocenters. The van der Waals surface area contributed by atoms with Crippen LogP contribution in [0.1, 0.15) is 18.1 Å². The van der Waals surface area contributed by atoms with Gasteiger partial charge in [0.1, 0.15) is 5.54 Å². The minimum atomic E-state index is -4.44. The highest BCUT2D eigenvalue weighted by Crippen LogP contribution is 2.30. The molecular formula is C10H11ClF3NO2. The molecule has 0 aromatic heterocycles. The predicted octanol–water partition coefficient (Wildman–Crippen LogP) is 2.39. The number of carbonyl (C=O) groups is 1. The summed E-state index contributed by atoms with van der Waals surface area (Å²) in [6, 6.07) is 3.75. The molecule has 1 aromatic carbocycles. The summed E-state index contributed by atoms with van der Waals surface area (Å²) in [6.45, 7) is 1.22. The van der Waals surface area contributed by atoms with E-state index in [1.165, 1.54) is 6.92 Å². The molecule has 96 valence electrons. The third-order valence-corrected chi connectivity index (χ3v) is 2.26. The van der Waals surface area contributed by atoms with E-state index in [9.17, 15) is 18.0 Å². The third-order valence-electron chi connectivity index (χ3n) is 2.26. The first-order valence-electron chi connectivity index (χ1n) is 4.35. The van der Waals surface area contributed by atoms with Crippen molar-refractivity contribution in [3.63, 3.8) is 0 Å². The highest BCUT2D eigenvalue weighted by Gasteiger charge is 2.33. The molecule has 0 aliphatic carbocycles. The summed E-state index contributed by atoms with van der Waals surface area (Å²) in [6.07, 6.45) is -4.44. The lowest BCUT2D eigenvalue weighted by atomic mass is 9.92. The Balaban J connectivity index is 0.00000256. The first-order valence-corrected chi connectivity index (χ1v) is 4.35. The van der Waals surface area contributed by atoms with E-state index in [1.54, 1.807) is 0 Å². The van der Waals surface area contributed by atoms with Gasteiger partial charge >= 0.3 is 12.1 Å². The molecule has 1 rings (SSSR count). The van der Waals surface area contributed by atoms with Crippen molar-refractivity contribution in [3.8, 4) is 0 Å². The number of carboxylic acid groups (broad SMARTS) is 1. The number of benzene rings is 1. The molecule has 0 aliphatic rings. The van der Waals surface area contributed by atoms with Gasteiger partial charge < -0.3 is 10.8 Å². The summed E-state index contributed by atoms with van der Waals surface area (Å²) in [7, 11) is 0. The first-order chi connectivity index (χ1) is 7.15. The normalized spacial score (nSPS) is 14.6. The van der Waals surface area contributed by atoms with Gasteiger partial charge in [0.05, 0.1) is 5.56 Å². The van der Waals surface area contributed by atoms with Crippen molar-refractivity contribution in [2.75, 3.05) is 0 Å². The summed E-state index contributed by atoms with van der Waals surface area (Å²) in [5, 5.41) is 8.78. The zero-order valence-electron chi connectivity index (χ0n) is 8.78. The van der Waals surface area contributed by atoms with E-state index in [4.69, 9.17) is 10.8 Å². The van der Waals surface area contributed by atoms with Crippen LogP contribution in [0.15, 0.2) is 24.3 Å². The Morgan fingerprint density at radius 2 is 1.53 bits per heavy atom. The largest absolute Gasteiger partial charge is 0.480 e. The van der Waals surface area contributed by atoms with Crippen LogP contribution in [0.4, 0.5) is 13.2 Å². The molecule has 0 saturated heterocycles. The van der Waals surface area contributed by atoms with Crippen LogP contribution in [0, 0.1) is 0 Å². The molecule has 0 fully saturated rings. The second-order valence-corrected chi connectivity index (χ2v) is 3.58. The fourth-order valence-corrected chi connectivity index (χ4v) is 1.13. The smallest absolute Gasteiger partial charge is 0.416 e. The summed E-state index contributed by atoms with van der Waals surface area (Å²) in [4.78, 5) is 10.8. The molecular weight excluding hydrogens is 259 g/mol. The molecule has 0 heterocycles. The quantitative estimate of drug-likeness (QED) is 0.866. The molecule has 1 atom stereocenters. The van der Waals surface area contributed by atoms with Gasteiger partial charge in [-0.15, -0.1) is 12.4 Å². The molecule has 0 bridgehead atoms. The van der Waals surface area contributed by atoms with Gasteiger partial charge in [0, 0.05) is 0 Å². The maximum atomic E-state index is 12.2. The SMILES string of the molecule is CC(N)(C(=O)O)c1ccc(C(F)(F)F)cc1.Cl. The van der Waals surface area contributed by atoms with Crippen molar-refractivity contribution in [1.29, 1.82) is 0 Å². The van der Waals surface area contributed by atoms with E-state index in [0.29, 0.717) is 0 Å². The van der Waals surface area contributed by atoms with E-state index in [-0.39, 0.29) is 18.0 Å². The van der Waals surface area contributed by atoms with Crippen molar-refractivity contribution in [1.82, 2.24) is 0 Å². The number of alkyl halides is 3. The molecule has 1 aromatic rings. The lowest BCUT2D eigenvalue weighted by molar-refractivity contribution is -0.143. The van der Waals surface area contributed by atoms with E-state index >= 15 is 0 Å². The molecule has 0 spiro atoms. The average molecular weight is 270 g/mol. The van der Waals surface area contributed by atoms with Gasteiger partial charge in [-0.2, -0.15) is 13.2 Å². The number of nitrogens with two attached hydrogens (primary N) is 1. The predicted molar refractivity (Wildman–Crippen MR) is 57.9 cm³/mol. The Hall–Kier alpha value is -1.27. The number of carboxylic acids is 1. The number of hydrogen-bond donors (Lipinski definition) is 2. The lowest BCUT2D eigenvalue weighted by Gasteiger charge is -2.20. The van der Waals surface area contributed by atoms with E-state index in [0.717, 1.165) is 24.3 Å². The van der Waals surface area contributed by atoms with Crippen LogP contribution in [0.3, 0.4) is 0 Å². The van der Waals surface area contributed by atoms with E-state index in [2.05, 4.69) is 0 Å². The zero-order chi connectivity index (χ0) is 12.6. The summed E-state index contributed by atoms with van der Waals surface area (Å²) in [5.74, 6) is -1.30. The Kier molecular flexibility index (Phi) is 4.56. The van der Waals surface area contributed by atoms with Crippen LogP contribution in [0.2, 0.25) is 0 Å². The second-order valence-electron chi connectivity index (χ2n) is 3.58. The van der Waals surface area contributed by atoms with Crippen LogP contribution in [-0.4, -0.2) is 11.1 Å². The lowest BCUT2D eigenvalue weighted by Crippen LogP contribution is -2.41. The number of hydrogen-bond acceptors (Lipinski definition) is 2. The first kappa shape index (κ1) is 15.7. The standard InChI is InChI=1S/C10H10F3NO2.ClH/c1-9(14,8(15)16)6-2-4-7(5-3-6)10(11,12)13;/h2-5H,14H2,1H3,(H,15,16);1H. The maximum Gasteiger partial charge on any atom is 0.416 e. The molecule has 0 amide bonds. The maximum absolute atomic E-state index is 12.2. The average Bonchev–Trinajstić information content (AvgIpc) is 2.16. The van der Waals surface area contributed by atoms with Crippen LogP contribution < -0.4 is 5.73 Å². The van der Waals surface area contributed by atoms with Crippen LogP contribution in [0.25, 0.3) is 0 Å². The van der Waals surface area contributed by atoms with Crippen molar-refractivity contribution in [2.45, 2.75) is 18.6 Å². The minimum Gasteiger partial charge on any atom is -0.480 e. The Labute approximate surface area is 102 Å². The Morgan fingerprint density at radius 1 is 1.18 bits per heavy atom. The molecule has 0 radical (unpaired) electrons. The van der Waals surface area contributed by atoms with Gasteiger partial charge in [0.15, 0.2) is 0 Å². The number of halogens is 4. The molecule has 0 aliphatic heterocycles. The Morgan fingerprint density at radius 3 is 1.82 bits per heavy atom. The highest BCUT2D eigenvalue weighted by atomic mass is 35.5. The minimum absolute atomic E-state index is 0. The fourth-order valence-electron chi connectivity index (χ4n) is 1.13. The number of aliphatic carboxylic acids is 1. The van der Waals surface area contributed by atoms with Gasteiger partial charge in [-0.1, -0.05) is 12.1 Å². The van der Waals surface area contributed by atoms with Crippen molar-refractivity contribution >= 4 is 18.4 Å². The van der Waals surface area contributed by atoms with Gasteiger partial charge in [-0.3, -0.25) is 0 Å².